The monoisotopic (exact) mass is 284 g/mol. The molecule has 100 valence electrons. The van der Waals surface area contributed by atoms with Crippen LogP contribution in [0.1, 0.15) is 0 Å². The molecule has 0 fully saturated rings. The zero-order valence-electron chi connectivity index (χ0n) is 8.83. The molecule has 1 rings (SSSR count). The molecule has 1 aromatic carbocycles. The van der Waals surface area contributed by atoms with Crippen LogP contribution < -0.4 is 10.3 Å². The second-order valence-electron chi connectivity index (χ2n) is 2.90. The molecule has 0 saturated heterocycles. The highest BCUT2D eigenvalue weighted by atomic mass is 32.2. The lowest BCUT2D eigenvalue weighted by molar-refractivity contribution is 0.169. The molecule has 0 spiro atoms. The number of nitrogens with one attached hydrogen (secondary N) is 2. The van der Waals surface area contributed by atoms with Crippen LogP contribution in [0.15, 0.2) is 17.0 Å². The first-order chi connectivity index (χ1) is 8.29. The number of amides is 1. The van der Waals surface area contributed by atoms with E-state index in [2.05, 4.69) is 4.74 Å². The van der Waals surface area contributed by atoms with E-state index in [9.17, 15) is 26.4 Å². The summed E-state index contributed by atoms with van der Waals surface area (Å²) >= 11 is 0. The summed E-state index contributed by atoms with van der Waals surface area (Å²) in [7, 11) is -3.62. The predicted octanol–water partition coefficient (Wildman–Crippen LogP) is 0.653. The largest absolute Gasteiger partial charge is 0.452 e. The average molecular weight is 284 g/mol. The zero-order chi connectivity index (χ0) is 13.9. The second kappa shape index (κ2) is 5.23. The Morgan fingerprint density at radius 3 is 2.39 bits per heavy atom. The van der Waals surface area contributed by atoms with Crippen LogP contribution >= 0.6 is 0 Å². The third-order valence-corrected chi connectivity index (χ3v) is 3.03. The van der Waals surface area contributed by atoms with Gasteiger partial charge in [0.15, 0.2) is 17.5 Å². The Balaban J connectivity index is 3.06. The van der Waals surface area contributed by atoms with Crippen LogP contribution in [0.2, 0.25) is 0 Å². The standard InChI is InChI=1S/C8H7F3N2O4S/c1-17-8(14)12-13-18(15,16)5-3-2-4(9)6(10)7(5)11/h2-3,13H,1H3,(H,12,14). The summed E-state index contributed by atoms with van der Waals surface area (Å²) in [4.78, 5) is 10.9. The molecule has 0 heterocycles. The minimum atomic E-state index is -4.58. The van der Waals surface area contributed by atoms with Crippen LogP contribution in [0.3, 0.4) is 0 Å². The highest BCUT2D eigenvalue weighted by Crippen LogP contribution is 2.18. The summed E-state index contributed by atoms with van der Waals surface area (Å²) in [5.74, 6) is -5.36. The van der Waals surface area contributed by atoms with Crippen LogP contribution in [0, 0.1) is 17.5 Å². The van der Waals surface area contributed by atoms with Gasteiger partial charge in [0.05, 0.1) is 7.11 Å². The molecule has 6 nitrogen and oxygen atoms in total. The summed E-state index contributed by atoms with van der Waals surface area (Å²) in [6.07, 6.45) is -1.17. The van der Waals surface area contributed by atoms with Crippen molar-refractivity contribution in [3.63, 3.8) is 0 Å². The summed E-state index contributed by atoms with van der Waals surface area (Å²) in [5, 5.41) is 0. The molecule has 0 aromatic heterocycles. The van der Waals surface area contributed by atoms with Gasteiger partial charge in [-0.3, -0.25) is 0 Å². The molecule has 2 N–H and O–H groups in total. The molecule has 10 heteroatoms. The van der Waals surface area contributed by atoms with Gasteiger partial charge >= 0.3 is 6.09 Å². The SMILES string of the molecule is COC(=O)NNS(=O)(=O)c1ccc(F)c(F)c1F. The highest BCUT2D eigenvalue weighted by molar-refractivity contribution is 7.89. The second-order valence-corrected chi connectivity index (χ2v) is 4.55. The summed E-state index contributed by atoms with van der Waals surface area (Å²) < 4.78 is 65.5. The fourth-order valence-electron chi connectivity index (χ4n) is 0.931. The maximum atomic E-state index is 13.2. The lowest BCUT2D eigenvalue weighted by Gasteiger charge is -2.08. The maximum Gasteiger partial charge on any atom is 0.422 e. The molecule has 0 bridgehead atoms. The molecule has 18 heavy (non-hydrogen) atoms. The Morgan fingerprint density at radius 1 is 1.22 bits per heavy atom. The maximum absolute atomic E-state index is 13.2. The van der Waals surface area contributed by atoms with Crippen molar-refractivity contribution in [2.75, 3.05) is 7.11 Å². The van der Waals surface area contributed by atoms with Crippen molar-refractivity contribution in [1.29, 1.82) is 0 Å². The number of ether oxygens (including phenoxy) is 1. The quantitative estimate of drug-likeness (QED) is 0.630. The van der Waals surface area contributed by atoms with Gasteiger partial charge < -0.3 is 4.74 Å². The minimum Gasteiger partial charge on any atom is -0.452 e. The fourth-order valence-corrected chi connectivity index (χ4v) is 1.83. The Hall–Kier alpha value is -1.81. The molecule has 1 amide bonds. The Bertz CT molecular complexity index is 576. The number of carbonyl (C=O) groups excluding carboxylic acids is 1. The van der Waals surface area contributed by atoms with Crippen LogP contribution in [0.5, 0.6) is 0 Å². The van der Waals surface area contributed by atoms with E-state index in [1.54, 1.807) is 5.43 Å². The van der Waals surface area contributed by atoms with Gasteiger partial charge in [-0.2, -0.15) is 0 Å². The highest BCUT2D eigenvalue weighted by Gasteiger charge is 2.24. The number of hydrazine groups is 1. The lowest BCUT2D eigenvalue weighted by atomic mass is 10.3. The Morgan fingerprint density at radius 2 is 1.83 bits per heavy atom. The van der Waals surface area contributed by atoms with Crippen molar-refractivity contribution in [3.05, 3.63) is 29.6 Å². The van der Waals surface area contributed by atoms with Gasteiger partial charge in [-0.05, 0) is 12.1 Å². The van der Waals surface area contributed by atoms with Gasteiger partial charge in [-0.15, -0.1) is 4.83 Å². The van der Waals surface area contributed by atoms with Crippen LogP contribution in [0.4, 0.5) is 18.0 Å². The third-order valence-electron chi connectivity index (χ3n) is 1.76. The van der Waals surface area contributed by atoms with Crippen LogP contribution in [-0.2, 0) is 14.8 Å². The summed E-state index contributed by atoms with van der Waals surface area (Å²) in [5.41, 5.74) is 1.55. The third kappa shape index (κ3) is 2.90. The average Bonchev–Trinajstić information content (AvgIpc) is 2.32. The number of benzene rings is 1. The lowest BCUT2D eigenvalue weighted by Crippen LogP contribution is -2.41. The van der Waals surface area contributed by atoms with Gasteiger partial charge in [0.25, 0.3) is 10.0 Å². The van der Waals surface area contributed by atoms with E-state index in [0.717, 1.165) is 7.11 Å². The molecule has 0 unspecified atom stereocenters. The van der Waals surface area contributed by atoms with Gasteiger partial charge in [-0.1, -0.05) is 0 Å². The fraction of sp³-hybridized carbons (Fsp3) is 0.125. The van der Waals surface area contributed by atoms with Crippen LogP contribution in [-0.4, -0.2) is 21.6 Å². The molecule has 0 atom stereocenters. The number of carbonyl (C=O) groups is 1. The first kappa shape index (κ1) is 14.3. The molecular formula is C8H7F3N2O4S. The zero-order valence-corrected chi connectivity index (χ0v) is 9.65. The van der Waals surface area contributed by atoms with E-state index in [4.69, 9.17) is 0 Å². The molecule has 1 aromatic rings. The molecule has 0 aliphatic rings. The molecule has 0 aliphatic heterocycles. The smallest absolute Gasteiger partial charge is 0.422 e. The summed E-state index contributed by atoms with van der Waals surface area (Å²) in [6.45, 7) is 0. The minimum absolute atomic E-state index is 0.436. The molecule has 0 radical (unpaired) electrons. The predicted molar refractivity (Wildman–Crippen MR) is 52.2 cm³/mol. The van der Waals surface area contributed by atoms with E-state index < -0.39 is 38.5 Å². The van der Waals surface area contributed by atoms with Crippen molar-refractivity contribution in [1.82, 2.24) is 10.3 Å². The van der Waals surface area contributed by atoms with E-state index in [-0.39, 0.29) is 0 Å². The van der Waals surface area contributed by atoms with E-state index in [1.807, 2.05) is 0 Å². The molecular weight excluding hydrogens is 277 g/mol. The van der Waals surface area contributed by atoms with E-state index >= 15 is 0 Å². The summed E-state index contributed by atoms with van der Waals surface area (Å²) in [6, 6.07) is 0.945. The topological polar surface area (TPSA) is 84.5 Å². The normalized spacial score (nSPS) is 11.1. The number of halogens is 3. The molecule has 0 saturated carbocycles. The van der Waals surface area contributed by atoms with Crippen molar-refractivity contribution in [2.45, 2.75) is 4.90 Å². The number of hydrogen-bond acceptors (Lipinski definition) is 4. The molecule has 0 aliphatic carbocycles. The van der Waals surface area contributed by atoms with Crippen molar-refractivity contribution in [3.8, 4) is 0 Å². The van der Waals surface area contributed by atoms with Gasteiger partial charge in [0.1, 0.15) is 4.90 Å². The van der Waals surface area contributed by atoms with Gasteiger partial charge in [0, 0.05) is 0 Å². The van der Waals surface area contributed by atoms with E-state index in [1.165, 1.54) is 4.83 Å². The Kier molecular flexibility index (Phi) is 4.14. The van der Waals surface area contributed by atoms with Crippen molar-refractivity contribution < 1.29 is 31.1 Å². The number of rotatable bonds is 3. The van der Waals surface area contributed by atoms with E-state index in [0.29, 0.717) is 12.1 Å². The first-order valence-corrected chi connectivity index (χ1v) is 5.77. The van der Waals surface area contributed by atoms with Crippen molar-refractivity contribution >= 4 is 16.1 Å². The van der Waals surface area contributed by atoms with Crippen molar-refractivity contribution in [2.24, 2.45) is 0 Å². The number of sulfonamides is 1. The number of hydrogen-bond donors (Lipinski definition) is 2. The number of methoxy groups -OCH3 is 1. The van der Waals surface area contributed by atoms with Crippen LogP contribution in [0.25, 0.3) is 0 Å². The van der Waals surface area contributed by atoms with Gasteiger partial charge in [-0.25, -0.2) is 31.8 Å². The Labute approximate surface area is 99.8 Å². The van der Waals surface area contributed by atoms with Gasteiger partial charge in [0.2, 0.25) is 0 Å². The first-order valence-electron chi connectivity index (χ1n) is 4.29.